The molecule has 0 fully saturated rings. The quantitative estimate of drug-likeness (QED) is 0.431. The third-order valence-electron chi connectivity index (χ3n) is 3.10. The van der Waals surface area contributed by atoms with Gasteiger partial charge in [-0.05, 0) is 36.3 Å². The number of unbranched alkanes of at least 4 members (excludes halogenated alkanes) is 1. The van der Waals surface area contributed by atoms with Crippen molar-refractivity contribution in [2.75, 3.05) is 13.2 Å². The van der Waals surface area contributed by atoms with E-state index in [2.05, 4.69) is 17.6 Å². The molecule has 122 valence electrons. The van der Waals surface area contributed by atoms with Crippen LogP contribution in [-0.4, -0.2) is 40.6 Å². The van der Waals surface area contributed by atoms with E-state index in [0.29, 0.717) is 10.1 Å². The molecule has 0 bridgehead atoms. The van der Waals surface area contributed by atoms with E-state index >= 15 is 0 Å². The van der Waals surface area contributed by atoms with Gasteiger partial charge in [0.15, 0.2) is 5.11 Å². The zero-order chi connectivity index (χ0) is 16.4. The molecule has 1 aromatic carbocycles. The van der Waals surface area contributed by atoms with Gasteiger partial charge in [0.1, 0.15) is 0 Å². The van der Waals surface area contributed by atoms with E-state index in [4.69, 9.17) is 23.8 Å². The lowest BCUT2D eigenvalue weighted by atomic mass is 10.1. The van der Waals surface area contributed by atoms with Crippen molar-refractivity contribution in [3.8, 4) is 0 Å². The Bertz CT molecular complexity index is 480. The minimum absolute atomic E-state index is 0.221. The molecule has 4 nitrogen and oxygen atoms in total. The van der Waals surface area contributed by atoms with E-state index in [1.165, 1.54) is 0 Å². The molecule has 0 saturated heterocycles. The predicted octanol–water partition coefficient (Wildman–Crippen LogP) is 2.34. The van der Waals surface area contributed by atoms with Crippen LogP contribution >= 0.6 is 23.8 Å². The van der Waals surface area contributed by atoms with Crippen molar-refractivity contribution in [1.82, 2.24) is 10.6 Å². The van der Waals surface area contributed by atoms with Gasteiger partial charge in [0.05, 0.1) is 18.8 Å². The van der Waals surface area contributed by atoms with Gasteiger partial charge < -0.3 is 20.8 Å². The van der Waals surface area contributed by atoms with Crippen molar-refractivity contribution >= 4 is 35.0 Å². The van der Waals surface area contributed by atoms with E-state index < -0.39 is 12.1 Å². The third kappa shape index (κ3) is 7.22. The van der Waals surface area contributed by atoms with Crippen LogP contribution in [0.15, 0.2) is 30.3 Å². The van der Waals surface area contributed by atoms with Gasteiger partial charge in [-0.2, -0.15) is 0 Å². The molecule has 2 atom stereocenters. The SMILES string of the molecule is CCCCNC(=S)NC(CO)C(O)C=Cc1ccc(Cl)cc1. The summed E-state index contributed by atoms with van der Waals surface area (Å²) >= 11 is 11.0. The highest BCUT2D eigenvalue weighted by atomic mass is 35.5. The fourth-order valence-electron chi connectivity index (χ4n) is 1.75. The first-order valence-corrected chi connectivity index (χ1v) is 8.12. The molecule has 2 unspecified atom stereocenters. The monoisotopic (exact) mass is 342 g/mol. The molecule has 0 radical (unpaired) electrons. The number of hydrogen-bond acceptors (Lipinski definition) is 3. The first kappa shape index (κ1) is 18.9. The second-order valence-electron chi connectivity index (χ2n) is 4.94. The van der Waals surface area contributed by atoms with Gasteiger partial charge in [0, 0.05) is 11.6 Å². The molecule has 6 heteroatoms. The molecule has 0 aliphatic rings. The van der Waals surface area contributed by atoms with Crippen LogP contribution in [0.25, 0.3) is 6.08 Å². The Morgan fingerprint density at radius 2 is 2.05 bits per heavy atom. The lowest BCUT2D eigenvalue weighted by Gasteiger charge is -2.22. The lowest BCUT2D eigenvalue weighted by Crippen LogP contribution is -2.49. The second-order valence-corrected chi connectivity index (χ2v) is 5.79. The zero-order valence-electron chi connectivity index (χ0n) is 12.6. The number of halogens is 1. The van der Waals surface area contributed by atoms with Crippen molar-refractivity contribution in [2.45, 2.75) is 31.9 Å². The van der Waals surface area contributed by atoms with E-state index in [-0.39, 0.29) is 6.61 Å². The van der Waals surface area contributed by atoms with Crippen LogP contribution in [0.1, 0.15) is 25.3 Å². The number of aliphatic hydroxyl groups excluding tert-OH is 2. The van der Waals surface area contributed by atoms with Crippen LogP contribution in [0.5, 0.6) is 0 Å². The van der Waals surface area contributed by atoms with Gasteiger partial charge >= 0.3 is 0 Å². The predicted molar refractivity (Wildman–Crippen MR) is 96.0 cm³/mol. The Morgan fingerprint density at radius 1 is 1.36 bits per heavy atom. The summed E-state index contributed by atoms with van der Waals surface area (Å²) in [5.74, 6) is 0. The normalized spacial score (nSPS) is 13.8. The van der Waals surface area contributed by atoms with E-state index in [0.717, 1.165) is 24.9 Å². The van der Waals surface area contributed by atoms with Gasteiger partial charge in [-0.1, -0.05) is 49.2 Å². The maximum absolute atomic E-state index is 10.1. The molecule has 0 amide bonds. The Morgan fingerprint density at radius 3 is 2.64 bits per heavy atom. The van der Waals surface area contributed by atoms with Crippen LogP contribution in [0.3, 0.4) is 0 Å². The summed E-state index contributed by atoms with van der Waals surface area (Å²) in [6.45, 7) is 2.65. The van der Waals surface area contributed by atoms with E-state index in [1.807, 2.05) is 12.1 Å². The smallest absolute Gasteiger partial charge is 0.166 e. The summed E-state index contributed by atoms with van der Waals surface area (Å²) in [5, 5.41) is 26.6. The molecular weight excluding hydrogens is 320 g/mol. The molecule has 0 saturated carbocycles. The van der Waals surface area contributed by atoms with Gasteiger partial charge in [0.25, 0.3) is 0 Å². The molecule has 0 spiro atoms. The number of benzene rings is 1. The topological polar surface area (TPSA) is 64.5 Å². The van der Waals surface area contributed by atoms with E-state index in [9.17, 15) is 10.2 Å². The van der Waals surface area contributed by atoms with Crippen molar-refractivity contribution in [2.24, 2.45) is 0 Å². The molecule has 22 heavy (non-hydrogen) atoms. The first-order chi connectivity index (χ1) is 10.6. The van der Waals surface area contributed by atoms with Crippen molar-refractivity contribution in [3.63, 3.8) is 0 Å². The summed E-state index contributed by atoms with van der Waals surface area (Å²) in [7, 11) is 0. The van der Waals surface area contributed by atoms with Gasteiger partial charge in [-0.3, -0.25) is 0 Å². The molecular formula is C16H23ClN2O2S. The minimum atomic E-state index is -0.855. The average Bonchev–Trinajstić information content (AvgIpc) is 2.52. The van der Waals surface area contributed by atoms with Gasteiger partial charge in [-0.25, -0.2) is 0 Å². The summed E-state index contributed by atoms with van der Waals surface area (Å²) in [6.07, 6.45) is 4.63. The first-order valence-electron chi connectivity index (χ1n) is 7.34. The molecule has 1 aromatic rings. The summed E-state index contributed by atoms with van der Waals surface area (Å²) < 4.78 is 0. The molecule has 0 aliphatic heterocycles. The molecule has 4 N–H and O–H groups in total. The zero-order valence-corrected chi connectivity index (χ0v) is 14.2. The molecule has 0 aliphatic carbocycles. The Labute approximate surface area is 142 Å². The highest BCUT2D eigenvalue weighted by Gasteiger charge is 2.16. The van der Waals surface area contributed by atoms with Crippen LogP contribution < -0.4 is 10.6 Å². The number of nitrogens with one attached hydrogen (secondary N) is 2. The summed E-state index contributed by atoms with van der Waals surface area (Å²) in [4.78, 5) is 0. The van der Waals surface area contributed by atoms with Gasteiger partial charge in [0.2, 0.25) is 0 Å². The number of rotatable bonds is 8. The Hall–Kier alpha value is -1.14. The fraction of sp³-hybridized carbons (Fsp3) is 0.438. The fourth-order valence-corrected chi connectivity index (χ4v) is 2.13. The lowest BCUT2D eigenvalue weighted by molar-refractivity contribution is 0.134. The largest absolute Gasteiger partial charge is 0.394 e. The van der Waals surface area contributed by atoms with Crippen LogP contribution in [0.2, 0.25) is 5.02 Å². The highest BCUT2D eigenvalue weighted by Crippen LogP contribution is 2.11. The van der Waals surface area contributed by atoms with Crippen molar-refractivity contribution < 1.29 is 10.2 Å². The summed E-state index contributed by atoms with van der Waals surface area (Å²) in [6, 6.07) is 6.71. The minimum Gasteiger partial charge on any atom is -0.394 e. The molecule has 1 rings (SSSR count). The molecule has 0 heterocycles. The average molecular weight is 343 g/mol. The van der Waals surface area contributed by atoms with Gasteiger partial charge in [-0.15, -0.1) is 0 Å². The van der Waals surface area contributed by atoms with Crippen LogP contribution in [-0.2, 0) is 0 Å². The maximum Gasteiger partial charge on any atom is 0.166 e. The Kier molecular flexibility index (Phi) is 9.08. The summed E-state index contributed by atoms with van der Waals surface area (Å²) in [5.41, 5.74) is 0.920. The highest BCUT2D eigenvalue weighted by molar-refractivity contribution is 7.80. The second kappa shape index (κ2) is 10.6. The number of hydrogen-bond donors (Lipinski definition) is 4. The number of thiocarbonyl (C=S) groups is 1. The Balaban J connectivity index is 2.51. The van der Waals surface area contributed by atoms with E-state index in [1.54, 1.807) is 24.3 Å². The van der Waals surface area contributed by atoms with Crippen molar-refractivity contribution in [1.29, 1.82) is 0 Å². The van der Waals surface area contributed by atoms with Crippen LogP contribution in [0.4, 0.5) is 0 Å². The van der Waals surface area contributed by atoms with Crippen molar-refractivity contribution in [3.05, 3.63) is 40.9 Å². The number of aliphatic hydroxyl groups is 2. The maximum atomic E-state index is 10.1. The standard InChI is InChI=1S/C16H23ClN2O2S/c1-2-3-10-18-16(22)19-14(11-20)15(21)9-6-12-4-7-13(17)8-5-12/h4-9,14-15,20-21H,2-3,10-11H2,1H3,(H2,18,19,22). The molecule has 0 aromatic heterocycles. The van der Waals surface area contributed by atoms with Crippen LogP contribution in [0, 0.1) is 0 Å². The third-order valence-corrected chi connectivity index (χ3v) is 3.61.